The third-order valence-corrected chi connectivity index (χ3v) is 1.90. The van der Waals surface area contributed by atoms with Gasteiger partial charge in [0.1, 0.15) is 12.4 Å². The normalized spacial score (nSPS) is 22.8. The first-order valence-electron chi connectivity index (χ1n) is 3.73. The fourth-order valence-electron chi connectivity index (χ4n) is 1.13. The zero-order chi connectivity index (χ0) is 7.61. The summed E-state index contributed by atoms with van der Waals surface area (Å²) in [4.78, 5) is 0. The van der Waals surface area contributed by atoms with Crippen molar-refractivity contribution < 1.29 is 9.47 Å². The molecule has 0 aromatic rings. The summed E-state index contributed by atoms with van der Waals surface area (Å²) >= 11 is 0. The van der Waals surface area contributed by atoms with E-state index in [9.17, 15) is 0 Å². The Morgan fingerprint density at radius 2 is 2.10 bits per heavy atom. The minimum absolute atomic E-state index is 0.350. The van der Waals surface area contributed by atoms with E-state index in [2.05, 4.69) is 20.4 Å². The first-order chi connectivity index (χ1) is 4.72. The van der Waals surface area contributed by atoms with Crippen LogP contribution in [-0.2, 0) is 9.47 Å². The van der Waals surface area contributed by atoms with E-state index in [0.717, 1.165) is 18.6 Å². The molecule has 10 heavy (non-hydrogen) atoms. The van der Waals surface area contributed by atoms with E-state index < -0.39 is 0 Å². The van der Waals surface area contributed by atoms with Gasteiger partial charge in [0, 0.05) is 12.8 Å². The van der Waals surface area contributed by atoms with E-state index in [4.69, 9.17) is 9.47 Å². The molecule has 0 aliphatic carbocycles. The zero-order valence-corrected chi connectivity index (χ0v) is 6.64. The van der Waals surface area contributed by atoms with Crippen LogP contribution >= 0.6 is 0 Å². The number of hydrogen-bond donors (Lipinski definition) is 0. The van der Waals surface area contributed by atoms with E-state index in [-0.39, 0.29) is 5.79 Å². The highest BCUT2D eigenvalue weighted by molar-refractivity contribution is 4.92. The predicted molar refractivity (Wildman–Crippen MR) is 39.5 cm³/mol. The van der Waals surface area contributed by atoms with Gasteiger partial charge in [-0.1, -0.05) is 20.4 Å². The molecule has 0 N–H and O–H groups in total. The van der Waals surface area contributed by atoms with Crippen molar-refractivity contribution in [1.82, 2.24) is 0 Å². The molecule has 1 rings (SSSR count). The highest BCUT2D eigenvalue weighted by atomic mass is 16.7. The van der Waals surface area contributed by atoms with Crippen LogP contribution < -0.4 is 0 Å². The highest BCUT2D eigenvalue weighted by Crippen LogP contribution is 2.30. The maximum absolute atomic E-state index is 5.43. The van der Waals surface area contributed by atoms with E-state index in [1.54, 1.807) is 0 Å². The van der Waals surface area contributed by atoms with Crippen LogP contribution in [0.3, 0.4) is 0 Å². The van der Waals surface area contributed by atoms with Crippen LogP contribution in [0.1, 0.15) is 26.7 Å². The molecule has 1 fully saturated rings. The molecule has 1 saturated heterocycles. The smallest absolute Gasteiger partial charge is 0.210 e. The van der Waals surface area contributed by atoms with Gasteiger partial charge in [0.2, 0.25) is 5.79 Å². The second kappa shape index (κ2) is 2.62. The Morgan fingerprint density at radius 3 is 2.30 bits per heavy atom. The van der Waals surface area contributed by atoms with Gasteiger partial charge in [-0.3, -0.25) is 0 Å². The van der Waals surface area contributed by atoms with E-state index >= 15 is 0 Å². The summed E-state index contributed by atoms with van der Waals surface area (Å²) in [6, 6.07) is 0. The maximum atomic E-state index is 5.43. The van der Waals surface area contributed by atoms with Gasteiger partial charge in [0.25, 0.3) is 0 Å². The molecular formula is C8H14O2. The lowest BCUT2D eigenvalue weighted by Crippen LogP contribution is -2.27. The molecule has 2 nitrogen and oxygen atoms in total. The van der Waals surface area contributed by atoms with Gasteiger partial charge in [-0.25, -0.2) is 0 Å². The quantitative estimate of drug-likeness (QED) is 0.587. The van der Waals surface area contributed by atoms with E-state index in [1.807, 2.05) is 0 Å². The number of rotatable bonds is 2. The van der Waals surface area contributed by atoms with Gasteiger partial charge in [0.15, 0.2) is 0 Å². The Labute approximate surface area is 61.8 Å². The second-order valence-electron chi connectivity index (χ2n) is 2.55. The van der Waals surface area contributed by atoms with Crippen molar-refractivity contribution in [2.45, 2.75) is 32.5 Å². The van der Waals surface area contributed by atoms with Crippen molar-refractivity contribution in [3.05, 3.63) is 12.3 Å². The monoisotopic (exact) mass is 142 g/mol. The number of hydrogen-bond acceptors (Lipinski definition) is 2. The van der Waals surface area contributed by atoms with Gasteiger partial charge < -0.3 is 9.47 Å². The van der Waals surface area contributed by atoms with Crippen LogP contribution in [0.15, 0.2) is 12.3 Å². The summed E-state index contributed by atoms with van der Waals surface area (Å²) in [5.74, 6) is 0.403. The van der Waals surface area contributed by atoms with Gasteiger partial charge in [-0.15, -0.1) is 0 Å². The van der Waals surface area contributed by atoms with Gasteiger partial charge in [-0.05, 0) is 0 Å². The molecule has 2 heteroatoms. The van der Waals surface area contributed by atoms with E-state index in [0.29, 0.717) is 6.61 Å². The molecule has 0 atom stereocenters. The second-order valence-corrected chi connectivity index (χ2v) is 2.55. The highest BCUT2D eigenvalue weighted by Gasteiger charge is 2.34. The molecule has 1 aliphatic rings. The Hall–Kier alpha value is -0.500. The first-order valence-corrected chi connectivity index (χ1v) is 3.73. The Bertz CT molecular complexity index is 136. The van der Waals surface area contributed by atoms with Crippen LogP contribution in [0, 0.1) is 0 Å². The summed E-state index contributed by atoms with van der Waals surface area (Å²) in [7, 11) is 0. The Morgan fingerprint density at radius 1 is 1.50 bits per heavy atom. The van der Waals surface area contributed by atoms with Crippen LogP contribution in [0.5, 0.6) is 0 Å². The zero-order valence-electron chi connectivity index (χ0n) is 6.64. The lowest BCUT2D eigenvalue weighted by atomic mass is 10.1. The molecule has 0 saturated carbocycles. The molecule has 1 aliphatic heterocycles. The lowest BCUT2D eigenvalue weighted by Gasteiger charge is -2.23. The van der Waals surface area contributed by atoms with Crippen LogP contribution in [0.25, 0.3) is 0 Å². The Balaban J connectivity index is 2.59. The van der Waals surface area contributed by atoms with Gasteiger partial charge in [-0.2, -0.15) is 0 Å². The SMILES string of the molecule is C=C1COC(CC)(CC)O1. The van der Waals surface area contributed by atoms with Crippen LogP contribution in [0.2, 0.25) is 0 Å². The molecule has 0 amide bonds. The van der Waals surface area contributed by atoms with E-state index in [1.165, 1.54) is 0 Å². The summed E-state index contributed by atoms with van der Waals surface area (Å²) < 4.78 is 10.9. The molecule has 58 valence electrons. The lowest BCUT2D eigenvalue weighted by molar-refractivity contribution is -0.152. The van der Waals surface area contributed by atoms with Crippen molar-refractivity contribution in [3.63, 3.8) is 0 Å². The van der Waals surface area contributed by atoms with Gasteiger partial charge >= 0.3 is 0 Å². The van der Waals surface area contributed by atoms with Crippen molar-refractivity contribution in [2.75, 3.05) is 6.61 Å². The minimum Gasteiger partial charge on any atom is -0.465 e. The third-order valence-electron chi connectivity index (χ3n) is 1.90. The molecule has 0 radical (unpaired) electrons. The molecule has 1 heterocycles. The molecule has 0 aromatic heterocycles. The van der Waals surface area contributed by atoms with Crippen molar-refractivity contribution in [1.29, 1.82) is 0 Å². The molecule has 0 aromatic carbocycles. The van der Waals surface area contributed by atoms with Gasteiger partial charge in [0.05, 0.1) is 0 Å². The fraction of sp³-hybridized carbons (Fsp3) is 0.750. The summed E-state index contributed by atoms with van der Waals surface area (Å²) in [5.41, 5.74) is 0. The van der Waals surface area contributed by atoms with Crippen LogP contribution in [-0.4, -0.2) is 12.4 Å². The minimum atomic E-state index is -0.350. The number of ether oxygens (including phenoxy) is 2. The molecule has 0 spiro atoms. The molecular weight excluding hydrogens is 128 g/mol. The summed E-state index contributed by atoms with van der Waals surface area (Å²) in [6.07, 6.45) is 1.78. The first kappa shape index (κ1) is 7.61. The largest absolute Gasteiger partial charge is 0.465 e. The topological polar surface area (TPSA) is 18.5 Å². The van der Waals surface area contributed by atoms with Crippen molar-refractivity contribution in [3.8, 4) is 0 Å². The van der Waals surface area contributed by atoms with Crippen molar-refractivity contribution >= 4 is 0 Å². The predicted octanol–water partition coefficient (Wildman–Crippen LogP) is 2.06. The third kappa shape index (κ3) is 1.16. The average molecular weight is 142 g/mol. The molecule has 0 bridgehead atoms. The average Bonchev–Trinajstić information content (AvgIpc) is 2.33. The fourth-order valence-corrected chi connectivity index (χ4v) is 1.13. The molecule has 0 unspecified atom stereocenters. The van der Waals surface area contributed by atoms with Crippen LogP contribution in [0.4, 0.5) is 0 Å². The summed E-state index contributed by atoms with van der Waals surface area (Å²) in [6.45, 7) is 8.37. The van der Waals surface area contributed by atoms with Crippen molar-refractivity contribution in [2.24, 2.45) is 0 Å². The summed E-state index contributed by atoms with van der Waals surface area (Å²) in [5, 5.41) is 0. The maximum Gasteiger partial charge on any atom is 0.210 e. The standard InChI is InChI=1S/C8H14O2/c1-4-8(5-2)9-6-7(3)10-8/h3-6H2,1-2H3. The Kier molecular flexibility index (Phi) is 2.00.